The van der Waals surface area contributed by atoms with Crippen molar-refractivity contribution in [3.8, 4) is 24.2 Å². The van der Waals surface area contributed by atoms with Crippen LogP contribution in [0.3, 0.4) is 0 Å². The van der Waals surface area contributed by atoms with Gasteiger partial charge < -0.3 is 5.32 Å². The molecular weight excluding hydrogens is 122 g/mol. The Balaban J connectivity index is 3.05. The molecule has 0 heterocycles. The van der Waals surface area contributed by atoms with Crippen LogP contribution in [0.25, 0.3) is 0 Å². The van der Waals surface area contributed by atoms with Crippen molar-refractivity contribution in [2.24, 2.45) is 0 Å². The van der Waals surface area contributed by atoms with Crippen LogP contribution in [-0.4, -0.2) is 13.6 Å². The Bertz CT molecular complexity index is 154. The predicted molar refractivity (Wildman–Crippen MR) is 44.4 cm³/mol. The highest BCUT2D eigenvalue weighted by atomic mass is 14.8. The summed E-state index contributed by atoms with van der Waals surface area (Å²) < 4.78 is 0. The summed E-state index contributed by atoms with van der Waals surface area (Å²) in [5.41, 5.74) is 0. The van der Waals surface area contributed by atoms with Gasteiger partial charge in [0.25, 0.3) is 0 Å². The van der Waals surface area contributed by atoms with Crippen molar-refractivity contribution in [1.29, 1.82) is 0 Å². The van der Waals surface area contributed by atoms with Crippen LogP contribution in [0.1, 0.15) is 19.3 Å². The topological polar surface area (TPSA) is 12.0 Å². The van der Waals surface area contributed by atoms with Crippen LogP contribution in [0.5, 0.6) is 0 Å². The van der Waals surface area contributed by atoms with Crippen LogP contribution in [0.2, 0.25) is 0 Å². The molecule has 0 saturated heterocycles. The monoisotopic (exact) mass is 135 g/mol. The van der Waals surface area contributed by atoms with Crippen molar-refractivity contribution in [2.75, 3.05) is 13.6 Å². The van der Waals surface area contributed by atoms with E-state index in [0.29, 0.717) is 0 Å². The first-order valence-corrected chi connectivity index (χ1v) is 3.45. The smallest absolute Gasteiger partial charge is 0.0574 e. The molecule has 0 rings (SSSR count). The maximum absolute atomic E-state index is 5.06. The molecule has 0 bridgehead atoms. The summed E-state index contributed by atoms with van der Waals surface area (Å²) in [7, 11) is 1.89. The molecule has 0 aliphatic carbocycles. The highest BCUT2D eigenvalue weighted by Crippen LogP contribution is 1.89. The van der Waals surface area contributed by atoms with Crippen LogP contribution < -0.4 is 5.32 Å². The van der Waals surface area contributed by atoms with Crippen LogP contribution in [-0.2, 0) is 0 Å². The zero-order chi connectivity index (χ0) is 7.66. The standard InChI is InChI=1S/C9H13N/c1-3-4-5-6-7-8-9-10-2/h1,10H,4-6,9H2,2H3. The molecule has 0 atom stereocenters. The Labute approximate surface area is 63.2 Å². The lowest BCUT2D eigenvalue weighted by atomic mass is 10.2. The summed E-state index contributed by atoms with van der Waals surface area (Å²) in [6.07, 6.45) is 7.84. The van der Waals surface area contributed by atoms with Gasteiger partial charge in [0.05, 0.1) is 6.54 Å². The van der Waals surface area contributed by atoms with Crippen molar-refractivity contribution < 1.29 is 0 Å². The minimum absolute atomic E-state index is 0.774. The Kier molecular flexibility index (Phi) is 7.34. The molecule has 0 unspecified atom stereocenters. The average molecular weight is 135 g/mol. The quantitative estimate of drug-likeness (QED) is 0.450. The summed E-state index contributed by atoms with van der Waals surface area (Å²) in [6, 6.07) is 0. The van der Waals surface area contributed by atoms with E-state index in [1.807, 2.05) is 7.05 Å². The van der Waals surface area contributed by atoms with E-state index in [2.05, 4.69) is 23.1 Å². The third-order valence-electron chi connectivity index (χ3n) is 1.01. The molecule has 0 aromatic rings. The van der Waals surface area contributed by atoms with Gasteiger partial charge in [-0.15, -0.1) is 18.3 Å². The van der Waals surface area contributed by atoms with Crippen LogP contribution >= 0.6 is 0 Å². The number of unbranched alkanes of at least 4 members (excludes halogenated alkanes) is 2. The number of rotatable bonds is 3. The maximum Gasteiger partial charge on any atom is 0.0574 e. The minimum Gasteiger partial charge on any atom is -0.309 e. The van der Waals surface area contributed by atoms with Gasteiger partial charge in [-0.05, 0) is 13.5 Å². The lowest BCUT2D eigenvalue weighted by Crippen LogP contribution is -2.04. The van der Waals surface area contributed by atoms with Crippen molar-refractivity contribution >= 4 is 0 Å². The fourth-order valence-electron chi connectivity index (χ4n) is 0.518. The van der Waals surface area contributed by atoms with Gasteiger partial charge in [-0.25, -0.2) is 0 Å². The van der Waals surface area contributed by atoms with Gasteiger partial charge in [-0.1, -0.05) is 5.92 Å². The summed E-state index contributed by atoms with van der Waals surface area (Å²) in [5.74, 6) is 8.55. The van der Waals surface area contributed by atoms with E-state index in [1.54, 1.807) is 0 Å². The van der Waals surface area contributed by atoms with Crippen molar-refractivity contribution in [3.63, 3.8) is 0 Å². The Morgan fingerprint density at radius 1 is 1.30 bits per heavy atom. The molecule has 1 nitrogen and oxygen atoms in total. The molecule has 10 heavy (non-hydrogen) atoms. The van der Waals surface area contributed by atoms with Crippen molar-refractivity contribution in [1.82, 2.24) is 5.32 Å². The first-order valence-electron chi connectivity index (χ1n) is 3.45. The number of terminal acetylenes is 1. The molecular formula is C9H13N. The van der Waals surface area contributed by atoms with Gasteiger partial charge in [0.1, 0.15) is 0 Å². The Morgan fingerprint density at radius 2 is 2.10 bits per heavy atom. The van der Waals surface area contributed by atoms with E-state index in [4.69, 9.17) is 6.42 Å². The fraction of sp³-hybridized carbons (Fsp3) is 0.556. The van der Waals surface area contributed by atoms with Gasteiger partial charge in [-0.3, -0.25) is 0 Å². The second-order valence-corrected chi connectivity index (χ2v) is 1.94. The lowest BCUT2D eigenvalue weighted by Gasteiger charge is -1.84. The SMILES string of the molecule is C#CCCCC#CCNC. The summed E-state index contributed by atoms with van der Waals surface area (Å²) in [6.45, 7) is 0.774. The van der Waals surface area contributed by atoms with Crippen LogP contribution in [0.4, 0.5) is 0 Å². The first-order chi connectivity index (χ1) is 4.91. The molecule has 0 aliphatic rings. The summed E-state index contributed by atoms with van der Waals surface area (Å²) in [5, 5.41) is 2.94. The summed E-state index contributed by atoms with van der Waals surface area (Å²) in [4.78, 5) is 0. The van der Waals surface area contributed by atoms with Gasteiger partial charge in [0, 0.05) is 12.8 Å². The number of hydrogen-bond donors (Lipinski definition) is 1. The summed E-state index contributed by atoms with van der Waals surface area (Å²) >= 11 is 0. The van der Waals surface area contributed by atoms with E-state index >= 15 is 0 Å². The zero-order valence-electron chi connectivity index (χ0n) is 6.41. The normalized spacial score (nSPS) is 7.60. The second kappa shape index (κ2) is 8.08. The molecule has 1 N–H and O–H groups in total. The van der Waals surface area contributed by atoms with Gasteiger partial charge in [0.2, 0.25) is 0 Å². The zero-order valence-corrected chi connectivity index (χ0v) is 6.41. The predicted octanol–water partition coefficient (Wildman–Crippen LogP) is 1.01. The first kappa shape index (κ1) is 9.08. The van der Waals surface area contributed by atoms with Gasteiger partial charge >= 0.3 is 0 Å². The van der Waals surface area contributed by atoms with Crippen LogP contribution in [0.15, 0.2) is 0 Å². The molecule has 54 valence electrons. The van der Waals surface area contributed by atoms with Gasteiger partial charge in [-0.2, -0.15) is 0 Å². The van der Waals surface area contributed by atoms with E-state index in [-0.39, 0.29) is 0 Å². The second-order valence-electron chi connectivity index (χ2n) is 1.94. The molecule has 0 aromatic heterocycles. The molecule has 0 fully saturated rings. The number of hydrogen-bond acceptors (Lipinski definition) is 1. The van der Waals surface area contributed by atoms with E-state index in [0.717, 1.165) is 25.8 Å². The molecule has 0 saturated carbocycles. The van der Waals surface area contributed by atoms with E-state index in [1.165, 1.54) is 0 Å². The lowest BCUT2D eigenvalue weighted by molar-refractivity contribution is 0.897. The molecule has 0 radical (unpaired) electrons. The van der Waals surface area contributed by atoms with E-state index in [9.17, 15) is 0 Å². The minimum atomic E-state index is 0.774. The molecule has 1 heteroatoms. The Hall–Kier alpha value is -0.920. The Morgan fingerprint density at radius 3 is 2.70 bits per heavy atom. The molecule has 0 amide bonds. The fourth-order valence-corrected chi connectivity index (χ4v) is 0.518. The van der Waals surface area contributed by atoms with E-state index < -0.39 is 0 Å². The third kappa shape index (κ3) is 7.08. The van der Waals surface area contributed by atoms with Crippen LogP contribution in [0, 0.1) is 24.2 Å². The molecule has 0 spiro atoms. The highest BCUT2D eigenvalue weighted by molar-refractivity contribution is 5.00. The van der Waals surface area contributed by atoms with Crippen molar-refractivity contribution in [2.45, 2.75) is 19.3 Å². The average Bonchev–Trinajstić information content (AvgIpc) is 1.97. The maximum atomic E-state index is 5.06. The largest absolute Gasteiger partial charge is 0.309 e. The third-order valence-corrected chi connectivity index (χ3v) is 1.01. The highest BCUT2D eigenvalue weighted by Gasteiger charge is 1.76. The van der Waals surface area contributed by atoms with Gasteiger partial charge in [0.15, 0.2) is 0 Å². The molecule has 0 aliphatic heterocycles. The van der Waals surface area contributed by atoms with Crippen molar-refractivity contribution in [3.05, 3.63) is 0 Å². The molecule has 0 aromatic carbocycles. The number of nitrogens with one attached hydrogen (secondary N) is 1.